The molecule has 1 saturated heterocycles. The number of hydrogen-bond acceptors (Lipinski definition) is 3. The second kappa shape index (κ2) is 7.14. The molecule has 1 heterocycles. The van der Waals surface area contributed by atoms with Crippen LogP contribution in [0.5, 0.6) is 5.75 Å². The van der Waals surface area contributed by atoms with Crippen LogP contribution >= 0.6 is 0 Å². The van der Waals surface area contributed by atoms with E-state index >= 15 is 0 Å². The van der Waals surface area contributed by atoms with Gasteiger partial charge in [-0.25, -0.2) is 0 Å². The Hall–Kier alpha value is -1.55. The molecule has 1 amide bonds. The minimum Gasteiger partial charge on any atom is -0.490 e. The van der Waals surface area contributed by atoms with Gasteiger partial charge >= 0.3 is 0 Å². The topological polar surface area (TPSA) is 55.6 Å². The summed E-state index contributed by atoms with van der Waals surface area (Å²) in [4.78, 5) is 14.7. The number of carbonyl (C=O) groups excluding carboxylic acids is 1. The lowest BCUT2D eigenvalue weighted by atomic mass is 9.97. The van der Waals surface area contributed by atoms with Gasteiger partial charge in [-0.05, 0) is 56.7 Å². The lowest BCUT2D eigenvalue weighted by Gasteiger charge is -2.25. The van der Waals surface area contributed by atoms with Gasteiger partial charge in [0.05, 0.1) is 11.7 Å². The second-order valence-electron chi connectivity index (χ2n) is 6.52. The number of likely N-dealkylation sites (tertiary alicyclic amines) is 1. The molecule has 22 heavy (non-hydrogen) atoms. The molecule has 2 aliphatic rings. The van der Waals surface area contributed by atoms with Crippen molar-refractivity contribution < 1.29 is 9.53 Å². The third-order valence-electron chi connectivity index (χ3n) is 4.87. The van der Waals surface area contributed by atoms with Crippen molar-refractivity contribution in [3.63, 3.8) is 0 Å². The van der Waals surface area contributed by atoms with Gasteiger partial charge in [0.2, 0.25) is 0 Å². The van der Waals surface area contributed by atoms with Crippen molar-refractivity contribution >= 4 is 5.91 Å². The molecule has 1 aliphatic carbocycles. The summed E-state index contributed by atoms with van der Waals surface area (Å²) in [6.07, 6.45) is 7.22. The summed E-state index contributed by atoms with van der Waals surface area (Å²) >= 11 is 0. The average Bonchev–Trinajstić information content (AvgIpc) is 3.05. The van der Waals surface area contributed by atoms with Crippen molar-refractivity contribution in [2.75, 3.05) is 19.6 Å². The maximum Gasteiger partial charge on any atom is 0.257 e. The monoisotopic (exact) mass is 302 g/mol. The van der Waals surface area contributed by atoms with E-state index in [2.05, 4.69) is 0 Å². The summed E-state index contributed by atoms with van der Waals surface area (Å²) in [5.74, 6) is 1.27. The fourth-order valence-corrected chi connectivity index (χ4v) is 3.49. The van der Waals surface area contributed by atoms with Crippen molar-refractivity contribution in [1.29, 1.82) is 0 Å². The van der Waals surface area contributed by atoms with Crippen molar-refractivity contribution in [3.05, 3.63) is 29.8 Å². The molecule has 1 saturated carbocycles. The summed E-state index contributed by atoms with van der Waals surface area (Å²) in [7, 11) is 0. The highest BCUT2D eigenvalue weighted by atomic mass is 16.5. The van der Waals surface area contributed by atoms with E-state index in [0.29, 0.717) is 18.0 Å². The fraction of sp³-hybridized carbons (Fsp3) is 0.611. The zero-order valence-corrected chi connectivity index (χ0v) is 13.2. The number of nitrogens with zero attached hydrogens (tertiary/aromatic N) is 1. The molecule has 4 heteroatoms. The van der Waals surface area contributed by atoms with Crippen molar-refractivity contribution in [2.45, 2.75) is 44.6 Å². The Kier molecular flexibility index (Phi) is 4.98. The highest BCUT2D eigenvalue weighted by molar-refractivity contribution is 5.97. The van der Waals surface area contributed by atoms with E-state index in [-0.39, 0.29) is 12.0 Å². The Morgan fingerprint density at radius 3 is 2.68 bits per heavy atom. The molecule has 4 nitrogen and oxygen atoms in total. The van der Waals surface area contributed by atoms with Crippen LogP contribution in [-0.4, -0.2) is 36.5 Å². The summed E-state index contributed by atoms with van der Waals surface area (Å²) in [6, 6.07) is 7.67. The zero-order valence-electron chi connectivity index (χ0n) is 13.2. The van der Waals surface area contributed by atoms with Gasteiger partial charge in [0.15, 0.2) is 0 Å². The van der Waals surface area contributed by atoms with Crippen molar-refractivity contribution in [1.82, 2.24) is 4.90 Å². The van der Waals surface area contributed by atoms with E-state index in [1.807, 2.05) is 29.2 Å². The second-order valence-corrected chi connectivity index (χ2v) is 6.52. The van der Waals surface area contributed by atoms with Crippen LogP contribution in [-0.2, 0) is 0 Å². The zero-order chi connectivity index (χ0) is 15.4. The molecule has 1 aromatic carbocycles. The molecule has 1 aromatic rings. The Bertz CT molecular complexity index is 512. The predicted molar refractivity (Wildman–Crippen MR) is 87.0 cm³/mol. The lowest BCUT2D eigenvalue weighted by molar-refractivity contribution is 0.0776. The van der Waals surface area contributed by atoms with Crippen molar-refractivity contribution in [3.8, 4) is 5.75 Å². The van der Waals surface area contributed by atoms with Gasteiger partial charge in [0.25, 0.3) is 5.91 Å². The molecule has 120 valence electrons. The van der Waals surface area contributed by atoms with Crippen LogP contribution in [0.2, 0.25) is 0 Å². The van der Waals surface area contributed by atoms with E-state index in [4.69, 9.17) is 10.5 Å². The van der Waals surface area contributed by atoms with E-state index in [1.54, 1.807) is 0 Å². The van der Waals surface area contributed by atoms with Gasteiger partial charge in [0, 0.05) is 13.1 Å². The minimum atomic E-state index is 0.0855. The molecule has 0 radical (unpaired) electrons. The van der Waals surface area contributed by atoms with Crippen LogP contribution < -0.4 is 10.5 Å². The number of benzene rings is 1. The summed E-state index contributed by atoms with van der Waals surface area (Å²) in [5.41, 5.74) is 6.43. The normalized spacial score (nSPS) is 22.8. The van der Waals surface area contributed by atoms with Gasteiger partial charge in [0.1, 0.15) is 5.75 Å². The molecule has 1 aliphatic heterocycles. The first-order chi connectivity index (χ1) is 10.8. The van der Waals surface area contributed by atoms with Crippen molar-refractivity contribution in [2.24, 2.45) is 11.7 Å². The number of carbonyl (C=O) groups is 1. The molecule has 2 N–H and O–H groups in total. The minimum absolute atomic E-state index is 0.0855. The smallest absolute Gasteiger partial charge is 0.257 e. The van der Waals surface area contributed by atoms with Crippen LogP contribution in [0.4, 0.5) is 0 Å². The van der Waals surface area contributed by atoms with E-state index in [1.165, 1.54) is 19.3 Å². The largest absolute Gasteiger partial charge is 0.490 e. The highest BCUT2D eigenvalue weighted by Gasteiger charge is 2.28. The average molecular weight is 302 g/mol. The van der Waals surface area contributed by atoms with Gasteiger partial charge < -0.3 is 15.4 Å². The maximum atomic E-state index is 12.8. The lowest BCUT2D eigenvalue weighted by Crippen LogP contribution is -2.30. The molecule has 0 bridgehead atoms. The summed E-state index contributed by atoms with van der Waals surface area (Å²) in [5, 5.41) is 0. The van der Waals surface area contributed by atoms with Crippen LogP contribution in [0.25, 0.3) is 0 Å². The Morgan fingerprint density at radius 1 is 1.18 bits per heavy atom. The summed E-state index contributed by atoms with van der Waals surface area (Å²) in [6.45, 7) is 2.23. The van der Waals surface area contributed by atoms with E-state index in [0.717, 1.165) is 38.1 Å². The first-order valence-corrected chi connectivity index (χ1v) is 8.53. The fourth-order valence-electron chi connectivity index (χ4n) is 3.49. The number of ether oxygens (including phenoxy) is 1. The van der Waals surface area contributed by atoms with Crippen LogP contribution in [0.1, 0.15) is 48.9 Å². The summed E-state index contributed by atoms with van der Waals surface area (Å²) < 4.78 is 6.15. The molecule has 1 unspecified atom stereocenters. The number of rotatable bonds is 4. The molecule has 0 aromatic heterocycles. The standard InChI is InChI=1S/C18H26N2O2/c19-12-14-10-11-20(13-14)18(21)16-8-4-5-9-17(16)22-15-6-2-1-3-7-15/h4-5,8-9,14-15H,1-3,6-7,10-13,19H2. The predicted octanol–water partition coefficient (Wildman–Crippen LogP) is 2.82. The Labute approximate surface area is 132 Å². The van der Waals surface area contributed by atoms with Crippen LogP contribution in [0.15, 0.2) is 24.3 Å². The molecule has 1 atom stereocenters. The molecule has 3 rings (SSSR count). The maximum absolute atomic E-state index is 12.8. The third-order valence-corrected chi connectivity index (χ3v) is 4.87. The van der Waals surface area contributed by atoms with E-state index in [9.17, 15) is 4.79 Å². The number of para-hydroxylation sites is 1. The van der Waals surface area contributed by atoms with Gasteiger partial charge in [-0.15, -0.1) is 0 Å². The molecular formula is C18H26N2O2. The number of nitrogens with two attached hydrogens (primary N) is 1. The van der Waals surface area contributed by atoms with Crippen LogP contribution in [0, 0.1) is 5.92 Å². The number of amides is 1. The molecule has 2 fully saturated rings. The van der Waals surface area contributed by atoms with E-state index < -0.39 is 0 Å². The molecular weight excluding hydrogens is 276 g/mol. The SMILES string of the molecule is NCC1CCN(C(=O)c2ccccc2OC2CCCCC2)C1. The first kappa shape index (κ1) is 15.3. The van der Waals surface area contributed by atoms with Gasteiger partial charge in [-0.2, -0.15) is 0 Å². The Morgan fingerprint density at radius 2 is 1.95 bits per heavy atom. The number of hydrogen-bond donors (Lipinski definition) is 1. The Balaban J connectivity index is 1.71. The van der Waals surface area contributed by atoms with Gasteiger partial charge in [-0.1, -0.05) is 18.6 Å². The van der Waals surface area contributed by atoms with Gasteiger partial charge in [-0.3, -0.25) is 4.79 Å². The quantitative estimate of drug-likeness (QED) is 0.930. The first-order valence-electron chi connectivity index (χ1n) is 8.53. The molecule has 0 spiro atoms. The highest BCUT2D eigenvalue weighted by Crippen LogP contribution is 2.28. The van der Waals surface area contributed by atoms with Crippen LogP contribution in [0.3, 0.4) is 0 Å². The third kappa shape index (κ3) is 3.43.